The number of H-pyrrole nitrogens is 1. The Labute approximate surface area is 207 Å². The molecule has 0 aliphatic heterocycles. The Bertz CT molecular complexity index is 1490. The van der Waals surface area contributed by atoms with E-state index in [0.717, 1.165) is 26.5 Å². The summed E-state index contributed by atoms with van der Waals surface area (Å²) in [6.07, 6.45) is 3.03. The fraction of sp³-hybridized carbons (Fsp3) is 0.318. The van der Waals surface area contributed by atoms with Gasteiger partial charge in [0.05, 0.1) is 22.7 Å². The van der Waals surface area contributed by atoms with Crippen molar-refractivity contribution in [1.82, 2.24) is 14.9 Å². The first-order valence-corrected chi connectivity index (χ1v) is 15.8. The number of para-hydroxylation sites is 1. The van der Waals surface area contributed by atoms with Crippen LogP contribution in [0.25, 0.3) is 21.6 Å². The summed E-state index contributed by atoms with van der Waals surface area (Å²) < 4.78 is 51.0. The normalized spacial score (nSPS) is 12.6. The van der Waals surface area contributed by atoms with E-state index >= 15 is 0 Å². The third-order valence-electron chi connectivity index (χ3n) is 5.28. The van der Waals surface area contributed by atoms with Crippen molar-refractivity contribution < 1.29 is 16.8 Å². The lowest BCUT2D eigenvalue weighted by molar-refractivity contribution is 0.349. The number of nitrogens with one attached hydrogen (secondary N) is 1. The molecule has 0 radical (unpaired) electrons. The van der Waals surface area contributed by atoms with Crippen LogP contribution in [0, 0.1) is 0 Å². The highest BCUT2D eigenvalue weighted by atomic mass is 32.2. The molecule has 0 amide bonds. The van der Waals surface area contributed by atoms with Gasteiger partial charge in [0.1, 0.15) is 19.1 Å². The van der Waals surface area contributed by atoms with Gasteiger partial charge >= 0.3 is 0 Å². The van der Waals surface area contributed by atoms with E-state index in [0.29, 0.717) is 29.5 Å². The molecule has 4 rings (SSSR count). The van der Waals surface area contributed by atoms with Crippen molar-refractivity contribution in [2.45, 2.75) is 17.7 Å². The topological polar surface area (TPSA) is 103 Å². The molecular formula is C22H26N4O4S4. The van der Waals surface area contributed by atoms with Gasteiger partial charge in [-0.3, -0.25) is 4.31 Å². The SMILES string of the molecule is CCN(c1cccc2cc(-c3ncc(CN(C)CCS(C)(=O)=O)s3)[nH]c12)S(=O)(=O)c1cccs1. The minimum Gasteiger partial charge on any atom is -0.351 e. The molecule has 0 saturated heterocycles. The minimum absolute atomic E-state index is 0.113. The summed E-state index contributed by atoms with van der Waals surface area (Å²) in [6.45, 7) is 3.17. The van der Waals surface area contributed by atoms with E-state index in [9.17, 15) is 16.8 Å². The molecule has 0 saturated carbocycles. The summed E-state index contributed by atoms with van der Waals surface area (Å²) in [7, 11) is -4.79. The predicted molar refractivity (Wildman–Crippen MR) is 140 cm³/mol. The van der Waals surface area contributed by atoms with Crippen molar-refractivity contribution in [3.8, 4) is 10.7 Å². The fourth-order valence-electron chi connectivity index (χ4n) is 3.62. The van der Waals surface area contributed by atoms with Gasteiger partial charge in [-0.2, -0.15) is 0 Å². The van der Waals surface area contributed by atoms with Crippen molar-refractivity contribution in [1.29, 1.82) is 0 Å². The third kappa shape index (κ3) is 5.36. The van der Waals surface area contributed by atoms with Crippen LogP contribution in [0.1, 0.15) is 11.8 Å². The summed E-state index contributed by atoms with van der Waals surface area (Å²) in [5.74, 6) is 0.113. The lowest BCUT2D eigenvalue weighted by Crippen LogP contribution is -2.30. The number of sulfonamides is 1. The number of sulfone groups is 1. The van der Waals surface area contributed by atoms with Crippen LogP contribution in [-0.2, 0) is 26.4 Å². The summed E-state index contributed by atoms with van der Waals surface area (Å²) in [6, 6.07) is 10.9. The highest BCUT2D eigenvalue weighted by Gasteiger charge is 2.26. The molecule has 12 heteroatoms. The lowest BCUT2D eigenvalue weighted by Gasteiger charge is -2.22. The number of hydrogen-bond donors (Lipinski definition) is 1. The Morgan fingerprint density at radius 2 is 1.91 bits per heavy atom. The van der Waals surface area contributed by atoms with Gasteiger partial charge in [-0.1, -0.05) is 18.2 Å². The maximum Gasteiger partial charge on any atom is 0.273 e. The van der Waals surface area contributed by atoms with Gasteiger partial charge in [-0.25, -0.2) is 21.8 Å². The van der Waals surface area contributed by atoms with Crippen molar-refractivity contribution in [3.63, 3.8) is 0 Å². The summed E-state index contributed by atoms with van der Waals surface area (Å²) >= 11 is 2.73. The molecule has 3 heterocycles. The van der Waals surface area contributed by atoms with E-state index in [2.05, 4.69) is 9.97 Å². The van der Waals surface area contributed by atoms with Gasteiger partial charge in [0.15, 0.2) is 0 Å². The van der Waals surface area contributed by atoms with Crippen LogP contribution < -0.4 is 4.31 Å². The van der Waals surface area contributed by atoms with E-state index in [-0.39, 0.29) is 5.75 Å². The number of aromatic amines is 1. The molecule has 34 heavy (non-hydrogen) atoms. The van der Waals surface area contributed by atoms with Crippen molar-refractivity contribution >= 4 is 59.1 Å². The summed E-state index contributed by atoms with van der Waals surface area (Å²) in [5, 5.41) is 3.44. The number of fused-ring (bicyclic) bond motifs is 1. The second kappa shape index (κ2) is 9.78. The molecule has 0 unspecified atom stereocenters. The van der Waals surface area contributed by atoms with Crippen LogP contribution in [-0.4, -0.2) is 63.8 Å². The molecule has 1 aromatic carbocycles. The molecule has 0 aliphatic carbocycles. The van der Waals surface area contributed by atoms with Crippen LogP contribution in [0.5, 0.6) is 0 Å². The zero-order valence-corrected chi connectivity index (χ0v) is 22.3. The molecule has 0 spiro atoms. The predicted octanol–water partition coefficient (Wildman–Crippen LogP) is 4.04. The largest absolute Gasteiger partial charge is 0.351 e. The highest BCUT2D eigenvalue weighted by molar-refractivity contribution is 7.94. The van der Waals surface area contributed by atoms with Gasteiger partial charge in [0, 0.05) is 42.4 Å². The third-order valence-corrected chi connectivity index (χ3v) is 10.5. The first-order valence-electron chi connectivity index (χ1n) is 10.6. The first kappa shape index (κ1) is 24.9. The molecule has 0 aliphatic rings. The molecule has 8 nitrogen and oxygen atoms in total. The van der Waals surface area contributed by atoms with Crippen LogP contribution in [0.3, 0.4) is 0 Å². The molecule has 4 aromatic rings. The van der Waals surface area contributed by atoms with E-state index in [1.54, 1.807) is 29.8 Å². The Balaban J connectivity index is 1.62. The Hall–Kier alpha value is -2.25. The molecule has 182 valence electrons. The molecule has 0 bridgehead atoms. The Morgan fingerprint density at radius 1 is 1.12 bits per heavy atom. The van der Waals surface area contributed by atoms with Crippen LogP contribution in [0.4, 0.5) is 5.69 Å². The minimum atomic E-state index is -3.66. The van der Waals surface area contributed by atoms with E-state index in [1.807, 2.05) is 37.1 Å². The maximum atomic E-state index is 13.2. The lowest BCUT2D eigenvalue weighted by atomic mass is 10.2. The molecule has 0 atom stereocenters. The van der Waals surface area contributed by atoms with Gasteiger partial charge < -0.3 is 9.88 Å². The molecule has 3 aromatic heterocycles. The van der Waals surface area contributed by atoms with Crippen molar-refractivity contribution in [2.75, 3.05) is 36.5 Å². The fourth-order valence-corrected chi connectivity index (χ4v) is 7.82. The number of nitrogens with zero attached hydrogens (tertiary/aromatic N) is 3. The number of aromatic nitrogens is 2. The summed E-state index contributed by atoms with van der Waals surface area (Å²) in [4.78, 5) is 10.9. The molecule has 1 N–H and O–H groups in total. The summed E-state index contributed by atoms with van der Waals surface area (Å²) in [5.41, 5.74) is 2.14. The second-order valence-electron chi connectivity index (χ2n) is 8.03. The van der Waals surface area contributed by atoms with E-state index in [1.165, 1.54) is 33.2 Å². The highest BCUT2D eigenvalue weighted by Crippen LogP contribution is 2.35. The average Bonchev–Trinajstić information content (AvgIpc) is 3.52. The molecule has 0 fully saturated rings. The number of hydrogen-bond acceptors (Lipinski definition) is 8. The van der Waals surface area contributed by atoms with Crippen molar-refractivity contribution in [3.05, 3.63) is 52.9 Å². The van der Waals surface area contributed by atoms with Crippen LogP contribution in [0.15, 0.2) is 52.2 Å². The number of rotatable bonds is 10. The van der Waals surface area contributed by atoms with Crippen LogP contribution >= 0.6 is 22.7 Å². The zero-order valence-electron chi connectivity index (χ0n) is 19.1. The van der Waals surface area contributed by atoms with Gasteiger partial charge in [0.2, 0.25) is 0 Å². The quantitative estimate of drug-likeness (QED) is 0.327. The van der Waals surface area contributed by atoms with Gasteiger partial charge in [-0.15, -0.1) is 22.7 Å². The zero-order chi connectivity index (χ0) is 24.5. The number of anilines is 1. The smallest absolute Gasteiger partial charge is 0.273 e. The van der Waals surface area contributed by atoms with E-state index in [4.69, 9.17) is 0 Å². The standard InChI is InChI=1S/C22H26N4O4S4/c1-4-26(34(29,30)20-9-6-11-31-20)19-8-5-7-16-13-18(24-21(16)19)22-23-14-17(32-22)15-25(2)10-12-33(3,27)28/h5-9,11,13-14,24H,4,10,12,15H2,1-3H3. The van der Waals surface area contributed by atoms with Gasteiger partial charge in [0.25, 0.3) is 10.0 Å². The number of thiophene rings is 1. The first-order chi connectivity index (χ1) is 16.1. The van der Waals surface area contributed by atoms with E-state index < -0.39 is 19.9 Å². The maximum absolute atomic E-state index is 13.2. The number of thiazole rings is 1. The van der Waals surface area contributed by atoms with Crippen molar-refractivity contribution in [2.24, 2.45) is 0 Å². The average molecular weight is 539 g/mol. The van der Waals surface area contributed by atoms with Gasteiger partial charge in [-0.05, 0) is 37.6 Å². The monoisotopic (exact) mass is 538 g/mol. The number of benzene rings is 1. The molecular weight excluding hydrogens is 513 g/mol. The Kier molecular flexibility index (Phi) is 7.15. The second-order valence-corrected chi connectivity index (χ2v) is 14.4. The Morgan fingerprint density at radius 3 is 2.59 bits per heavy atom. The van der Waals surface area contributed by atoms with Crippen LogP contribution in [0.2, 0.25) is 0 Å².